The van der Waals surface area contributed by atoms with Gasteiger partial charge >= 0.3 is 0 Å². The number of aryl methyl sites for hydroxylation is 1. The van der Waals surface area contributed by atoms with E-state index in [4.69, 9.17) is 0 Å². The number of hydrogen-bond donors (Lipinski definition) is 0. The third kappa shape index (κ3) is 2.65. The fraction of sp³-hybridized carbons (Fsp3) is 0.286. The van der Waals surface area contributed by atoms with Crippen LogP contribution in [0.4, 0.5) is 13.2 Å². The van der Waals surface area contributed by atoms with Crippen LogP contribution < -0.4 is 0 Å². The highest BCUT2D eigenvalue weighted by molar-refractivity contribution is 9.09. The molecule has 2 aromatic rings. The Bertz CT molecular complexity index is 607. The number of hydrogen-bond acceptors (Lipinski definition) is 2. The van der Waals surface area contributed by atoms with Gasteiger partial charge in [0.2, 0.25) is 0 Å². The molecule has 1 unspecified atom stereocenters. The highest BCUT2D eigenvalue weighted by Gasteiger charge is 2.24. The Hall–Kier alpha value is -0.460. The summed E-state index contributed by atoms with van der Waals surface area (Å²) < 4.78 is 40.6. The molecule has 20 heavy (non-hydrogen) atoms. The largest absolute Gasteiger partial charge is 0.207 e. The lowest BCUT2D eigenvalue weighted by Crippen LogP contribution is -2.00. The summed E-state index contributed by atoms with van der Waals surface area (Å²) in [4.78, 5) is 1.57. The van der Waals surface area contributed by atoms with Crippen molar-refractivity contribution in [3.05, 3.63) is 56.5 Å². The first-order valence-corrected chi connectivity index (χ1v) is 8.92. The second-order valence-electron chi connectivity index (χ2n) is 4.55. The van der Waals surface area contributed by atoms with E-state index in [0.29, 0.717) is 0 Å². The van der Waals surface area contributed by atoms with Gasteiger partial charge in [-0.1, -0.05) is 15.9 Å². The second kappa shape index (κ2) is 5.73. The molecule has 0 N–H and O–H groups in total. The van der Waals surface area contributed by atoms with Crippen LogP contribution in [0.5, 0.6) is 0 Å². The molecule has 0 aliphatic carbocycles. The Morgan fingerprint density at radius 2 is 1.80 bits per heavy atom. The summed E-state index contributed by atoms with van der Waals surface area (Å²) in [6, 6.07) is 3.43. The molecule has 0 saturated carbocycles. The molecule has 0 fully saturated rings. The standard InChI is InChI=1S/C14H10BrF3S2/c15-14(13-9(17)4-8(16)5-10(13)18)12-3-7-6-19-2-1-11(7)20-12/h3-5,14H,1-2,6H2. The third-order valence-corrected chi connectivity index (χ3v) is 6.76. The van der Waals surface area contributed by atoms with Crippen molar-refractivity contribution >= 4 is 39.0 Å². The van der Waals surface area contributed by atoms with Gasteiger partial charge < -0.3 is 0 Å². The van der Waals surface area contributed by atoms with Gasteiger partial charge in [0.05, 0.1) is 4.83 Å². The molecule has 0 spiro atoms. The van der Waals surface area contributed by atoms with Crippen molar-refractivity contribution in [1.82, 2.24) is 0 Å². The molecule has 0 saturated heterocycles. The molecular weight excluding hydrogens is 369 g/mol. The molecule has 1 atom stereocenters. The Morgan fingerprint density at radius 3 is 2.45 bits per heavy atom. The van der Waals surface area contributed by atoms with E-state index in [0.717, 1.165) is 34.9 Å². The van der Waals surface area contributed by atoms with Gasteiger partial charge in [-0.25, -0.2) is 13.2 Å². The average Bonchev–Trinajstić information content (AvgIpc) is 2.81. The van der Waals surface area contributed by atoms with Gasteiger partial charge in [-0.2, -0.15) is 11.8 Å². The quantitative estimate of drug-likeness (QED) is 0.627. The van der Waals surface area contributed by atoms with Crippen molar-refractivity contribution in [2.24, 2.45) is 0 Å². The minimum absolute atomic E-state index is 0.127. The lowest BCUT2D eigenvalue weighted by atomic mass is 10.1. The van der Waals surface area contributed by atoms with Crippen LogP contribution in [0, 0.1) is 17.5 Å². The van der Waals surface area contributed by atoms with E-state index in [2.05, 4.69) is 15.9 Å². The van der Waals surface area contributed by atoms with Crippen LogP contribution in [-0.2, 0) is 12.2 Å². The van der Waals surface area contributed by atoms with E-state index in [1.807, 2.05) is 17.8 Å². The fourth-order valence-electron chi connectivity index (χ4n) is 2.23. The zero-order chi connectivity index (χ0) is 14.3. The molecule has 1 aliphatic rings. The first kappa shape index (κ1) is 14.5. The summed E-state index contributed by atoms with van der Waals surface area (Å²) >= 11 is 6.78. The number of benzene rings is 1. The number of fused-ring (bicyclic) bond motifs is 1. The van der Waals surface area contributed by atoms with Gasteiger partial charge in [0, 0.05) is 33.2 Å². The Kier molecular flexibility index (Phi) is 4.15. The monoisotopic (exact) mass is 378 g/mol. The van der Waals surface area contributed by atoms with Gasteiger partial charge in [-0.05, 0) is 23.8 Å². The van der Waals surface area contributed by atoms with E-state index in [1.54, 1.807) is 11.3 Å². The lowest BCUT2D eigenvalue weighted by Gasteiger charge is -2.10. The molecule has 6 heteroatoms. The number of thiophene rings is 1. The fourth-order valence-corrected chi connectivity index (χ4v) is 5.45. The van der Waals surface area contributed by atoms with Gasteiger partial charge in [-0.15, -0.1) is 11.3 Å². The van der Waals surface area contributed by atoms with Crippen LogP contribution in [0.25, 0.3) is 0 Å². The molecule has 0 bridgehead atoms. The molecule has 0 radical (unpaired) electrons. The summed E-state index contributed by atoms with van der Waals surface area (Å²) in [7, 11) is 0. The van der Waals surface area contributed by atoms with E-state index < -0.39 is 22.3 Å². The smallest absolute Gasteiger partial charge is 0.133 e. The number of rotatable bonds is 2. The molecule has 3 rings (SSSR count). The zero-order valence-corrected chi connectivity index (χ0v) is 13.5. The van der Waals surface area contributed by atoms with Crippen molar-refractivity contribution < 1.29 is 13.2 Å². The summed E-state index contributed by atoms with van der Waals surface area (Å²) in [6.45, 7) is 0. The third-order valence-electron chi connectivity index (χ3n) is 3.19. The molecule has 106 valence electrons. The minimum Gasteiger partial charge on any atom is -0.207 e. The van der Waals surface area contributed by atoms with Crippen molar-refractivity contribution in [3.63, 3.8) is 0 Å². The first-order chi connectivity index (χ1) is 9.56. The second-order valence-corrected chi connectivity index (χ2v) is 7.73. The SMILES string of the molecule is Fc1cc(F)c(C(Br)c2cc3c(s2)CCSC3)c(F)c1. The summed E-state index contributed by atoms with van der Waals surface area (Å²) in [5.41, 5.74) is 1.12. The Morgan fingerprint density at radius 1 is 1.10 bits per heavy atom. The van der Waals surface area contributed by atoms with Crippen LogP contribution in [0.15, 0.2) is 18.2 Å². The summed E-state index contributed by atoms with van der Waals surface area (Å²) in [6.07, 6.45) is 0.999. The predicted octanol–water partition coefficient (Wildman–Crippen LogP) is 5.44. The van der Waals surface area contributed by atoms with Gasteiger partial charge in [0.15, 0.2) is 0 Å². The van der Waals surface area contributed by atoms with Gasteiger partial charge in [-0.3, -0.25) is 0 Å². The van der Waals surface area contributed by atoms with E-state index in [9.17, 15) is 13.2 Å². The minimum atomic E-state index is -0.898. The van der Waals surface area contributed by atoms with E-state index >= 15 is 0 Å². The molecule has 1 aromatic heterocycles. The molecular formula is C14H10BrF3S2. The molecule has 0 amide bonds. The molecule has 0 nitrogen and oxygen atoms in total. The van der Waals surface area contributed by atoms with Crippen molar-refractivity contribution in [2.75, 3.05) is 5.75 Å². The van der Waals surface area contributed by atoms with Crippen molar-refractivity contribution in [1.29, 1.82) is 0 Å². The zero-order valence-electron chi connectivity index (χ0n) is 10.3. The van der Waals surface area contributed by atoms with E-state index in [-0.39, 0.29) is 5.56 Å². The summed E-state index contributed by atoms with van der Waals surface area (Å²) in [5, 5.41) is 0. The number of halogens is 4. The number of alkyl halides is 1. The van der Waals surface area contributed by atoms with E-state index in [1.165, 1.54) is 10.4 Å². The molecule has 1 aromatic carbocycles. The van der Waals surface area contributed by atoms with Gasteiger partial charge in [0.1, 0.15) is 17.5 Å². The Labute approximate surface area is 131 Å². The van der Waals surface area contributed by atoms with Crippen LogP contribution in [0.2, 0.25) is 0 Å². The number of thioether (sulfide) groups is 1. The van der Waals surface area contributed by atoms with Crippen LogP contribution in [0.1, 0.15) is 25.7 Å². The van der Waals surface area contributed by atoms with Crippen LogP contribution in [-0.4, -0.2) is 5.75 Å². The lowest BCUT2D eigenvalue weighted by molar-refractivity contribution is 0.528. The Balaban J connectivity index is 2.00. The average molecular weight is 379 g/mol. The molecule has 1 aliphatic heterocycles. The highest BCUT2D eigenvalue weighted by Crippen LogP contribution is 2.41. The predicted molar refractivity (Wildman–Crippen MR) is 81.3 cm³/mol. The van der Waals surface area contributed by atoms with Crippen LogP contribution >= 0.6 is 39.0 Å². The highest BCUT2D eigenvalue weighted by atomic mass is 79.9. The maximum Gasteiger partial charge on any atom is 0.133 e. The van der Waals surface area contributed by atoms with Crippen molar-refractivity contribution in [2.45, 2.75) is 17.0 Å². The molecule has 2 heterocycles. The van der Waals surface area contributed by atoms with Crippen LogP contribution in [0.3, 0.4) is 0 Å². The topological polar surface area (TPSA) is 0 Å². The first-order valence-electron chi connectivity index (χ1n) is 6.04. The maximum absolute atomic E-state index is 13.8. The van der Waals surface area contributed by atoms with Crippen molar-refractivity contribution in [3.8, 4) is 0 Å². The van der Waals surface area contributed by atoms with Gasteiger partial charge in [0.25, 0.3) is 0 Å². The maximum atomic E-state index is 13.8. The normalized spacial score (nSPS) is 16.0. The summed E-state index contributed by atoms with van der Waals surface area (Å²) in [5.74, 6) is -0.584.